The third-order valence-corrected chi connectivity index (χ3v) is 3.98. The number of pyridine rings is 1. The Morgan fingerprint density at radius 2 is 1.72 bits per heavy atom. The lowest BCUT2D eigenvalue weighted by molar-refractivity contribution is -0.669. The van der Waals surface area contributed by atoms with Crippen LogP contribution in [0.1, 0.15) is 18.2 Å². The molecule has 0 amide bonds. The zero-order valence-electron chi connectivity index (χ0n) is 14.2. The zero-order chi connectivity index (χ0) is 16.8. The van der Waals surface area contributed by atoms with E-state index in [9.17, 15) is 0 Å². The Morgan fingerprint density at radius 3 is 2.44 bits per heavy atom. The molecular weight excluding hydrogens is 425 g/mol. The van der Waals surface area contributed by atoms with Crippen LogP contribution in [-0.4, -0.2) is 18.3 Å². The van der Waals surface area contributed by atoms with E-state index in [1.807, 2.05) is 24.3 Å². The Bertz CT molecular complexity index is 844. The van der Waals surface area contributed by atoms with E-state index in [0.717, 1.165) is 17.9 Å². The zero-order valence-corrected chi connectivity index (χ0v) is 16.4. The summed E-state index contributed by atoms with van der Waals surface area (Å²) in [5.41, 5.74) is 3.54. The van der Waals surface area contributed by atoms with Crippen molar-refractivity contribution in [2.24, 2.45) is 0 Å². The van der Waals surface area contributed by atoms with Gasteiger partial charge < -0.3 is 33.8 Å². The van der Waals surface area contributed by atoms with Crippen LogP contribution >= 0.6 is 0 Å². The predicted molar refractivity (Wildman–Crippen MR) is 97.8 cm³/mol. The Kier molecular flexibility index (Phi) is 7.40. The van der Waals surface area contributed by atoms with Crippen LogP contribution in [0.25, 0.3) is 23.1 Å². The number of hydrogen-bond donors (Lipinski definition) is 1. The van der Waals surface area contributed by atoms with E-state index in [0.29, 0.717) is 6.61 Å². The Balaban J connectivity index is 0.00000225. The molecule has 0 saturated carbocycles. The van der Waals surface area contributed by atoms with E-state index in [2.05, 4.69) is 60.0 Å². The number of aliphatic hydroxyl groups is 1. The summed E-state index contributed by atoms with van der Waals surface area (Å²) < 4.78 is 7.69. The molecule has 0 aliphatic rings. The maximum atomic E-state index is 8.78. The number of halogens is 1. The smallest absolute Gasteiger partial charge is 0.212 e. The van der Waals surface area contributed by atoms with Gasteiger partial charge in [0.25, 0.3) is 0 Å². The number of hydrogen-bond acceptors (Lipinski definition) is 2. The molecule has 3 nitrogen and oxygen atoms in total. The first kappa shape index (κ1) is 19.4. The van der Waals surface area contributed by atoms with Gasteiger partial charge in [-0.15, -0.1) is 0 Å². The van der Waals surface area contributed by atoms with E-state index < -0.39 is 0 Å². The molecule has 1 heterocycles. The molecule has 0 saturated heterocycles. The maximum absolute atomic E-state index is 8.78. The van der Waals surface area contributed by atoms with Crippen molar-refractivity contribution in [3.8, 4) is 5.75 Å². The Labute approximate surface area is 165 Å². The predicted octanol–water partition coefficient (Wildman–Crippen LogP) is 0.693. The Hall–Kier alpha value is -1.92. The van der Waals surface area contributed by atoms with Crippen molar-refractivity contribution < 1.29 is 38.4 Å². The minimum atomic E-state index is 0. The summed E-state index contributed by atoms with van der Waals surface area (Å²) in [5, 5.41) is 10.0. The van der Waals surface area contributed by atoms with Gasteiger partial charge in [0.1, 0.15) is 18.9 Å². The molecule has 3 aromatic rings. The number of ether oxygens (including phenoxy) is 1. The van der Waals surface area contributed by atoms with Gasteiger partial charge in [-0.25, -0.2) is 0 Å². The molecule has 0 aliphatic carbocycles. The van der Waals surface area contributed by atoms with Crippen LogP contribution in [0.15, 0.2) is 60.7 Å². The van der Waals surface area contributed by atoms with E-state index in [1.165, 1.54) is 16.6 Å². The number of para-hydroxylation sites is 1. The van der Waals surface area contributed by atoms with Crippen LogP contribution in [0.4, 0.5) is 0 Å². The second-order valence-corrected chi connectivity index (χ2v) is 5.54. The van der Waals surface area contributed by atoms with Gasteiger partial charge in [0.2, 0.25) is 11.2 Å². The fraction of sp³-hybridized carbons (Fsp3) is 0.190. The molecule has 0 spiro atoms. The molecule has 130 valence electrons. The average molecular weight is 447 g/mol. The van der Waals surface area contributed by atoms with Crippen LogP contribution in [0, 0.1) is 0 Å². The summed E-state index contributed by atoms with van der Waals surface area (Å²) >= 11 is 0. The molecule has 0 bridgehead atoms. The summed E-state index contributed by atoms with van der Waals surface area (Å²) in [5.74, 6) is 0.774. The van der Waals surface area contributed by atoms with Crippen molar-refractivity contribution in [2.75, 3.05) is 13.2 Å². The third-order valence-electron chi connectivity index (χ3n) is 3.98. The summed E-state index contributed by atoms with van der Waals surface area (Å²) in [7, 11) is 0. The van der Waals surface area contributed by atoms with Crippen LogP contribution < -0.4 is 33.3 Å². The van der Waals surface area contributed by atoms with Crippen LogP contribution in [0.5, 0.6) is 5.75 Å². The van der Waals surface area contributed by atoms with Gasteiger partial charge in [0.05, 0.1) is 6.61 Å². The monoisotopic (exact) mass is 447 g/mol. The van der Waals surface area contributed by atoms with Crippen molar-refractivity contribution in [1.82, 2.24) is 0 Å². The second-order valence-electron chi connectivity index (χ2n) is 5.54. The van der Waals surface area contributed by atoms with Gasteiger partial charge in [0, 0.05) is 23.6 Å². The molecule has 0 unspecified atom stereocenters. The first-order valence-corrected chi connectivity index (χ1v) is 8.25. The van der Waals surface area contributed by atoms with Crippen molar-refractivity contribution in [3.05, 3.63) is 71.9 Å². The fourth-order valence-electron chi connectivity index (χ4n) is 2.80. The maximum Gasteiger partial charge on any atom is 0.212 e. The van der Waals surface area contributed by atoms with Crippen LogP contribution in [-0.2, 0) is 6.54 Å². The summed E-state index contributed by atoms with van der Waals surface area (Å²) in [4.78, 5) is 0. The first-order chi connectivity index (χ1) is 11.8. The molecule has 0 aliphatic heterocycles. The molecule has 3 rings (SSSR count). The van der Waals surface area contributed by atoms with Crippen molar-refractivity contribution in [2.45, 2.75) is 13.5 Å². The molecule has 1 aromatic heterocycles. The summed E-state index contributed by atoms with van der Waals surface area (Å²) in [6.45, 7) is 3.44. The lowest BCUT2D eigenvalue weighted by Crippen LogP contribution is -3.00. The molecule has 0 atom stereocenters. The highest BCUT2D eigenvalue weighted by atomic mass is 127. The van der Waals surface area contributed by atoms with E-state index in [-0.39, 0.29) is 30.6 Å². The fourth-order valence-corrected chi connectivity index (χ4v) is 2.80. The SMILES string of the molecule is CC[n+]1c(C=Cc2ccc(OCCO)cc2)ccc2ccccc21.[I-]. The van der Waals surface area contributed by atoms with E-state index in [1.54, 1.807) is 0 Å². The summed E-state index contributed by atoms with van der Waals surface area (Å²) in [6.07, 6.45) is 4.24. The molecule has 4 heteroatoms. The number of fused-ring (bicyclic) bond motifs is 1. The van der Waals surface area contributed by atoms with Gasteiger partial charge in [-0.1, -0.05) is 24.3 Å². The molecular formula is C21H22INO2. The highest BCUT2D eigenvalue weighted by Gasteiger charge is 2.10. The normalized spacial score (nSPS) is 10.8. The quantitative estimate of drug-likeness (QED) is 0.446. The molecule has 2 aromatic carbocycles. The average Bonchev–Trinajstić information content (AvgIpc) is 2.65. The van der Waals surface area contributed by atoms with Gasteiger partial charge in [-0.3, -0.25) is 0 Å². The molecule has 25 heavy (non-hydrogen) atoms. The van der Waals surface area contributed by atoms with Gasteiger partial charge in [0.15, 0.2) is 0 Å². The standard InChI is InChI=1S/C21H22NO2.HI/c1-2-22-19(12-10-18-5-3-4-6-21(18)22)11-7-17-8-13-20(14-9-17)24-16-15-23;/h3-14,23H,2,15-16H2,1H3;1H/q+1;/p-1. The van der Waals surface area contributed by atoms with Gasteiger partial charge in [-0.2, -0.15) is 4.57 Å². The van der Waals surface area contributed by atoms with Crippen LogP contribution in [0.3, 0.4) is 0 Å². The highest BCUT2D eigenvalue weighted by Crippen LogP contribution is 2.15. The Morgan fingerprint density at radius 1 is 0.960 bits per heavy atom. The number of rotatable bonds is 6. The topological polar surface area (TPSA) is 33.3 Å². The van der Waals surface area contributed by atoms with Crippen molar-refractivity contribution in [3.63, 3.8) is 0 Å². The van der Waals surface area contributed by atoms with E-state index >= 15 is 0 Å². The van der Waals surface area contributed by atoms with Crippen molar-refractivity contribution >= 4 is 23.1 Å². The minimum absolute atomic E-state index is 0. The first-order valence-electron chi connectivity index (χ1n) is 8.25. The number of benzene rings is 2. The van der Waals surface area contributed by atoms with E-state index in [4.69, 9.17) is 9.84 Å². The lowest BCUT2D eigenvalue weighted by Gasteiger charge is -2.04. The van der Waals surface area contributed by atoms with Gasteiger partial charge in [-0.05, 0) is 42.8 Å². The largest absolute Gasteiger partial charge is 1.00 e. The minimum Gasteiger partial charge on any atom is -1.00 e. The molecule has 1 N–H and O–H groups in total. The number of nitrogens with zero attached hydrogens (tertiary/aromatic N) is 1. The second kappa shape index (κ2) is 9.53. The lowest BCUT2D eigenvalue weighted by atomic mass is 10.1. The van der Waals surface area contributed by atoms with Crippen LogP contribution in [0.2, 0.25) is 0 Å². The number of aliphatic hydroxyl groups excluding tert-OH is 1. The number of aromatic nitrogens is 1. The highest BCUT2D eigenvalue weighted by molar-refractivity contribution is 5.77. The summed E-state index contributed by atoms with van der Waals surface area (Å²) in [6, 6.07) is 20.6. The van der Waals surface area contributed by atoms with Crippen molar-refractivity contribution in [1.29, 1.82) is 0 Å². The molecule has 0 fully saturated rings. The number of aryl methyl sites for hydroxylation is 1. The third kappa shape index (κ3) is 4.80. The van der Waals surface area contributed by atoms with Gasteiger partial charge >= 0.3 is 0 Å². The molecule has 0 radical (unpaired) electrons.